The van der Waals surface area contributed by atoms with Crippen molar-refractivity contribution in [1.29, 1.82) is 0 Å². The second-order valence-corrected chi connectivity index (χ2v) is 23.3. The lowest BCUT2D eigenvalue weighted by molar-refractivity contribution is 0.0522. The Hall–Kier alpha value is -5.00. The number of rotatable bonds is 12. The first-order valence-electron chi connectivity index (χ1n) is 19.7. The molecule has 0 N–H and O–H groups in total. The summed E-state index contributed by atoms with van der Waals surface area (Å²) < 4.78 is 69.0. The van der Waals surface area contributed by atoms with Crippen molar-refractivity contribution in [3.63, 3.8) is 0 Å². The van der Waals surface area contributed by atoms with Gasteiger partial charge in [-0.15, -0.1) is 0 Å². The molecule has 0 spiro atoms. The van der Waals surface area contributed by atoms with Crippen molar-refractivity contribution in [1.82, 2.24) is 24.0 Å². The van der Waals surface area contributed by atoms with E-state index >= 15 is 13.2 Å². The Labute approximate surface area is 342 Å². The zero-order chi connectivity index (χ0) is 43.3. The molecule has 0 saturated carbocycles. The van der Waals surface area contributed by atoms with Crippen LogP contribution in [-0.2, 0) is 28.0 Å². The summed E-state index contributed by atoms with van der Waals surface area (Å²) in [6.07, 6.45) is 2.53. The van der Waals surface area contributed by atoms with E-state index in [4.69, 9.17) is 19.2 Å². The molecular formula is C42H54F3N7O6Si. The minimum Gasteiger partial charge on any atom is -0.462 e. The summed E-state index contributed by atoms with van der Waals surface area (Å²) in [6.45, 7) is 14.0. The van der Waals surface area contributed by atoms with Gasteiger partial charge >= 0.3 is 12.1 Å². The second kappa shape index (κ2) is 16.6. The number of alkyl halides is 1. The van der Waals surface area contributed by atoms with Gasteiger partial charge in [-0.3, -0.25) is 14.3 Å². The van der Waals surface area contributed by atoms with Crippen molar-refractivity contribution in [3.05, 3.63) is 58.1 Å². The maximum absolute atomic E-state index is 16.9. The van der Waals surface area contributed by atoms with E-state index in [-0.39, 0.29) is 70.5 Å². The van der Waals surface area contributed by atoms with E-state index in [1.807, 2.05) is 23.9 Å². The number of benzene rings is 1. The number of amides is 1. The van der Waals surface area contributed by atoms with Crippen LogP contribution in [0.3, 0.4) is 0 Å². The third-order valence-electron chi connectivity index (χ3n) is 10.3. The Bertz CT molecular complexity index is 2490. The molecule has 1 aromatic carbocycles. The number of ether oxygens (including phenoxy) is 3. The van der Waals surface area contributed by atoms with E-state index < -0.39 is 55.0 Å². The summed E-state index contributed by atoms with van der Waals surface area (Å²) in [5.41, 5.74) is -0.0142. The monoisotopic (exact) mass is 837 g/mol. The largest absolute Gasteiger partial charge is 0.462 e. The van der Waals surface area contributed by atoms with Crippen LogP contribution in [0.2, 0.25) is 25.7 Å². The Morgan fingerprint density at radius 2 is 1.73 bits per heavy atom. The Balaban J connectivity index is 1.73. The van der Waals surface area contributed by atoms with E-state index in [9.17, 15) is 14.4 Å². The van der Waals surface area contributed by atoms with Gasteiger partial charge in [0, 0.05) is 90.1 Å². The minimum absolute atomic E-state index is 0.00411. The number of esters is 1. The Kier molecular flexibility index (Phi) is 12.2. The first-order chi connectivity index (χ1) is 27.6. The normalized spacial score (nSPS) is 16.2. The lowest BCUT2D eigenvalue weighted by Crippen LogP contribution is -2.38. The topological polar surface area (TPSA) is 124 Å². The number of carbonyl (C=O) groups excluding carboxylic acids is 2. The maximum Gasteiger partial charge on any atom is 0.414 e. The van der Waals surface area contributed by atoms with Crippen LogP contribution in [0.1, 0.15) is 44.5 Å². The Morgan fingerprint density at radius 3 is 2.37 bits per heavy atom. The number of hydrogen-bond donors (Lipinski definition) is 0. The van der Waals surface area contributed by atoms with Crippen molar-refractivity contribution in [2.24, 2.45) is 7.05 Å². The molecule has 0 bridgehead atoms. The molecule has 1 aliphatic rings. The van der Waals surface area contributed by atoms with Crippen LogP contribution in [0.5, 0.6) is 0 Å². The zero-order valence-electron chi connectivity index (χ0n) is 35.7. The van der Waals surface area contributed by atoms with Gasteiger partial charge in [0.1, 0.15) is 35.4 Å². The molecule has 1 fully saturated rings. The fourth-order valence-corrected chi connectivity index (χ4v) is 8.34. The highest BCUT2D eigenvalue weighted by atomic mass is 28.3. The molecule has 59 heavy (non-hydrogen) atoms. The molecule has 1 amide bonds. The van der Waals surface area contributed by atoms with Gasteiger partial charge < -0.3 is 28.6 Å². The number of nitrogens with zero attached hydrogens (tertiary/aromatic N) is 7. The quantitative estimate of drug-likeness (QED) is 0.0701. The van der Waals surface area contributed by atoms with Crippen LogP contribution < -0.4 is 15.2 Å². The van der Waals surface area contributed by atoms with E-state index in [2.05, 4.69) is 24.6 Å². The minimum atomic E-state index is -1.54. The van der Waals surface area contributed by atoms with Gasteiger partial charge in [-0.2, -0.15) is 0 Å². The standard InChI is InChI=1S/C42H54F3N7O6Si/c1-12-57-40(54)29-22-49(7)38-27(37(29)53)15-24(18-46-38)28-19-47-39-33(35(28)51-20-25(43)16-26(51)21-48(5)6)32-34(45)30(44)17-31(50(8)41(55)58-42(2,3)4)36(32)52(39)23-56-13-14-59(9,10)11/h15,17-19,22,25-26H,12-14,16,20-21,23H2,1-11H3/t25-,26-/m0/s1. The molecule has 0 unspecified atom stereocenters. The van der Waals surface area contributed by atoms with Crippen molar-refractivity contribution < 1.29 is 37.0 Å². The lowest BCUT2D eigenvalue weighted by Gasteiger charge is -2.31. The average molecular weight is 838 g/mol. The van der Waals surface area contributed by atoms with Crippen LogP contribution >= 0.6 is 0 Å². The van der Waals surface area contributed by atoms with E-state index in [1.54, 1.807) is 56.1 Å². The number of carbonyl (C=O) groups is 2. The van der Waals surface area contributed by atoms with Gasteiger partial charge in [-0.05, 0) is 53.9 Å². The predicted molar refractivity (Wildman–Crippen MR) is 227 cm³/mol. The fourth-order valence-electron chi connectivity index (χ4n) is 7.58. The molecule has 0 radical (unpaired) electrons. The van der Waals surface area contributed by atoms with Gasteiger partial charge in [-0.25, -0.2) is 32.7 Å². The van der Waals surface area contributed by atoms with Crippen molar-refractivity contribution in [2.75, 3.05) is 57.2 Å². The number of likely N-dealkylation sites (N-methyl/N-ethyl adjacent to an activating group) is 1. The lowest BCUT2D eigenvalue weighted by atomic mass is 10.00. The van der Waals surface area contributed by atoms with Crippen LogP contribution in [-0.4, -0.2) is 109 Å². The number of fused-ring (bicyclic) bond motifs is 4. The molecule has 4 aromatic heterocycles. The molecule has 0 aliphatic carbocycles. The zero-order valence-corrected chi connectivity index (χ0v) is 36.7. The molecule has 13 nitrogen and oxygen atoms in total. The summed E-state index contributed by atoms with van der Waals surface area (Å²) in [5, 5.41) is 0.0740. The molecule has 1 aliphatic heterocycles. The molecule has 318 valence electrons. The fraction of sp³-hybridized carbons (Fsp3) is 0.500. The van der Waals surface area contributed by atoms with Crippen molar-refractivity contribution in [3.8, 4) is 11.1 Å². The second-order valence-electron chi connectivity index (χ2n) is 17.6. The highest BCUT2D eigenvalue weighted by molar-refractivity contribution is 6.76. The molecule has 1 saturated heterocycles. The van der Waals surface area contributed by atoms with Gasteiger partial charge in [0.15, 0.2) is 11.6 Å². The molecule has 6 rings (SSSR count). The third-order valence-corrected chi connectivity index (χ3v) is 12.0. The maximum atomic E-state index is 16.9. The van der Waals surface area contributed by atoms with E-state index in [0.717, 1.165) is 17.0 Å². The van der Waals surface area contributed by atoms with Gasteiger partial charge in [0.2, 0.25) is 5.43 Å². The predicted octanol–water partition coefficient (Wildman–Crippen LogP) is 7.72. The van der Waals surface area contributed by atoms with E-state index in [0.29, 0.717) is 30.0 Å². The molecular weight excluding hydrogens is 784 g/mol. The Morgan fingerprint density at radius 1 is 1.03 bits per heavy atom. The van der Waals surface area contributed by atoms with Gasteiger partial charge in [0.05, 0.1) is 39.7 Å². The number of hydrogen-bond acceptors (Lipinski definition) is 10. The molecule has 17 heteroatoms. The van der Waals surface area contributed by atoms with Crippen LogP contribution in [0, 0.1) is 11.6 Å². The SMILES string of the molecule is CCOC(=O)c1cn(C)c2ncc(-c3cnc4c(c3N3C[C@@H](F)C[C@H]3CN(C)C)c3c(F)c(F)cc(N(C)C(=O)OC(C)(C)C)c3n4COCC[Si](C)(C)C)cc2c1=O. The number of aromatic nitrogens is 4. The van der Waals surface area contributed by atoms with Crippen LogP contribution in [0.15, 0.2) is 35.5 Å². The highest BCUT2D eigenvalue weighted by Gasteiger charge is 2.38. The highest BCUT2D eigenvalue weighted by Crippen LogP contribution is 2.47. The average Bonchev–Trinajstić information content (AvgIpc) is 3.67. The van der Waals surface area contributed by atoms with Crippen LogP contribution in [0.4, 0.5) is 29.3 Å². The number of anilines is 2. The summed E-state index contributed by atoms with van der Waals surface area (Å²) in [7, 11) is 5.27. The molecule has 5 aromatic rings. The summed E-state index contributed by atoms with van der Waals surface area (Å²) in [5.74, 6) is -3.21. The number of pyridine rings is 3. The van der Waals surface area contributed by atoms with Crippen molar-refractivity contribution in [2.45, 2.75) is 84.3 Å². The first-order valence-corrected chi connectivity index (χ1v) is 23.4. The summed E-state index contributed by atoms with van der Waals surface area (Å²) >= 11 is 0. The molecule has 5 heterocycles. The summed E-state index contributed by atoms with van der Waals surface area (Å²) in [4.78, 5) is 54.7. The van der Waals surface area contributed by atoms with Gasteiger partial charge in [-0.1, -0.05) is 19.6 Å². The van der Waals surface area contributed by atoms with E-state index in [1.165, 1.54) is 19.4 Å². The third kappa shape index (κ3) is 8.82. The molecule has 2 atom stereocenters. The number of aryl methyl sites for hydroxylation is 1. The van der Waals surface area contributed by atoms with Gasteiger partial charge in [0.25, 0.3) is 0 Å². The smallest absolute Gasteiger partial charge is 0.414 e. The first kappa shape index (κ1) is 43.6. The van der Waals surface area contributed by atoms with Crippen LogP contribution in [0.25, 0.3) is 44.1 Å². The van der Waals surface area contributed by atoms with Crippen molar-refractivity contribution >= 4 is 64.5 Å². The summed E-state index contributed by atoms with van der Waals surface area (Å²) in [6, 6.07) is 2.92. The number of halogens is 3.